The molecule has 2 heterocycles. The Labute approximate surface area is 227 Å². The molecule has 0 spiro atoms. The average Bonchev–Trinajstić information content (AvgIpc) is 3.65. The Balaban J connectivity index is 1.47. The number of ether oxygens (including phenoxy) is 3. The third-order valence-corrected chi connectivity index (χ3v) is 11.8. The van der Waals surface area contributed by atoms with E-state index in [4.69, 9.17) is 14.2 Å². The van der Waals surface area contributed by atoms with Crippen molar-refractivity contribution in [3.63, 3.8) is 0 Å². The van der Waals surface area contributed by atoms with Crippen molar-refractivity contribution in [2.45, 2.75) is 56.1 Å². The van der Waals surface area contributed by atoms with E-state index in [-0.39, 0.29) is 32.8 Å². The molecule has 0 saturated heterocycles. The quantitative estimate of drug-likeness (QED) is 0.406. The molecular weight excluding hydrogens is 488 g/mol. The maximum Gasteiger partial charge on any atom is 0.337 e. The van der Waals surface area contributed by atoms with Crippen molar-refractivity contribution in [2.24, 2.45) is 5.41 Å². The first-order chi connectivity index (χ1) is 18.6. The minimum Gasteiger partial charge on any atom is -0.466 e. The van der Waals surface area contributed by atoms with Crippen LogP contribution in [0.1, 0.15) is 84.4 Å². The third-order valence-electron chi connectivity index (χ3n) is 11.8. The van der Waals surface area contributed by atoms with Gasteiger partial charge in [-0.1, -0.05) is 88.4 Å². The zero-order valence-electron chi connectivity index (χ0n) is 23.0. The predicted octanol–water partition coefficient (Wildman–Crippen LogP) is 5.72. The van der Waals surface area contributed by atoms with Gasteiger partial charge in [0.05, 0.1) is 25.4 Å². The highest BCUT2D eigenvalue weighted by molar-refractivity contribution is 6.04. The van der Waals surface area contributed by atoms with E-state index in [2.05, 4.69) is 88.4 Å². The number of rotatable bonds is 2. The second kappa shape index (κ2) is 6.71. The van der Waals surface area contributed by atoms with Crippen molar-refractivity contribution in [2.75, 3.05) is 14.2 Å². The molecule has 3 aliphatic carbocycles. The Morgan fingerprint density at radius 3 is 1.28 bits per heavy atom. The zero-order valence-corrected chi connectivity index (χ0v) is 23.0. The van der Waals surface area contributed by atoms with Gasteiger partial charge in [-0.15, -0.1) is 0 Å². The van der Waals surface area contributed by atoms with Crippen LogP contribution >= 0.6 is 0 Å². The molecule has 2 bridgehead atoms. The average molecular weight is 519 g/mol. The second-order valence-corrected chi connectivity index (χ2v) is 12.3. The van der Waals surface area contributed by atoms with Gasteiger partial charge in [0.2, 0.25) is 0 Å². The summed E-state index contributed by atoms with van der Waals surface area (Å²) in [5.41, 5.74) is 9.46. The molecule has 3 aromatic carbocycles. The Hall–Kier alpha value is -3.70. The number of esters is 2. The molecule has 0 aromatic heterocycles. The van der Waals surface area contributed by atoms with Gasteiger partial charge in [0, 0.05) is 21.7 Å². The summed E-state index contributed by atoms with van der Waals surface area (Å²) in [6, 6.07) is 22.4. The van der Waals surface area contributed by atoms with E-state index in [1.165, 1.54) is 47.6 Å². The summed E-state index contributed by atoms with van der Waals surface area (Å²) in [4.78, 5) is 25.8. The molecule has 8 rings (SSSR count). The zero-order chi connectivity index (χ0) is 27.3. The van der Waals surface area contributed by atoms with Crippen LogP contribution in [0.5, 0.6) is 0 Å². The van der Waals surface area contributed by atoms with Gasteiger partial charge in [0.25, 0.3) is 0 Å². The molecule has 5 aliphatic rings. The van der Waals surface area contributed by atoms with E-state index in [1.54, 1.807) is 0 Å². The summed E-state index contributed by atoms with van der Waals surface area (Å²) < 4.78 is 16.5. The van der Waals surface area contributed by atoms with Crippen LogP contribution < -0.4 is 0 Å². The fourth-order valence-corrected chi connectivity index (χ4v) is 9.84. The topological polar surface area (TPSA) is 61.8 Å². The van der Waals surface area contributed by atoms with Crippen molar-refractivity contribution in [3.05, 3.63) is 116 Å². The lowest BCUT2D eigenvalue weighted by Crippen LogP contribution is -2.51. The number of benzene rings is 3. The van der Waals surface area contributed by atoms with Crippen molar-refractivity contribution in [1.82, 2.24) is 0 Å². The molecule has 0 saturated carbocycles. The first-order valence-corrected chi connectivity index (χ1v) is 13.6. The van der Waals surface area contributed by atoms with Gasteiger partial charge in [0.15, 0.2) is 0 Å². The first-order valence-electron chi connectivity index (χ1n) is 13.6. The highest BCUT2D eigenvalue weighted by Gasteiger charge is 2.79. The van der Waals surface area contributed by atoms with Crippen LogP contribution in [0, 0.1) is 5.41 Å². The van der Waals surface area contributed by atoms with E-state index >= 15 is 0 Å². The van der Waals surface area contributed by atoms with Crippen molar-refractivity contribution in [3.8, 4) is 0 Å². The highest BCUT2D eigenvalue weighted by Crippen LogP contribution is 2.82. The van der Waals surface area contributed by atoms with E-state index in [0.717, 1.165) is 11.1 Å². The van der Waals surface area contributed by atoms with Crippen LogP contribution in [0.2, 0.25) is 0 Å². The van der Waals surface area contributed by atoms with E-state index in [9.17, 15) is 9.59 Å². The SMILES string of the molecule is COC(=O)C1=C(C(=O)OC)[C@@H]2O[C@H]1c1cc3c(cc12)[C@@]1(C)c2ccccc2C2(C)c4ccccc4[C@]3(C)C21C. The number of carbonyl (C=O) groups is 2. The molecule has 5 heteroatoms. The van der Waals surface area contributed by atoms with Gasteiger partial charge in [0.1, 0.15) is 12.2 Å². The third kappa shape index (κ3) is 2.01. The maximum absolute atomic E-state index is 12.9. The van der Waals surface area contributed by atoms with Gasteiger partial charge in [-0.05, 0) is 44.5 Å². The minimum atomic E-state index is -0.656. The summed E-state index contributed by atoms with van der Waals surface area (Å²) >= 11 is 0. The van der Waals surface area contributed by atoms with Crippen LogP contribution in [0.3, 0.4) is 0 Å². The number of hydrogen-bond acceptors (Lipinski definition) is 5. The Bertz CT molecular complexity index is 1610. The summed E-state index contributed by atoms with van der Waals surface area (Å²) in [7, 11) is 2.66. The maximum atomic E-state index is 12.9. The number of carbonyl (C=O) groups excluding carboxylic acids is 2. The fourth-order valence-electron chi connectivity index (χ4n) is 9.84. The standard InChI is InChI=1S/C34H30O5/c1-31-19-11-7-9-13-21(19)32(2)23-15-17-18(28-26(30(36)38-6)25(27(17)39-28)29(35)37-5)16-24(23)33(3,34(31,32)4)22-14-10-8-12-20(22)31/h7-16,27-28H,1-6H3/t27-,28+,31?,32-,33+,34?. The lowest BCUT2D eigenvalue weighted by Gasteiger charge is -2.49. The molecule has 0 fully saturated rings. The van der Waals surface area contributed by atoms with E-state index in [0.29, 0.717) is 0 Å². The largest absolute Gasteiger partial charge is 0.466 e. The van der Waals surface area contributed by atoms with Crippen LogP contribution in [-0.4, -0.2) is 26.2 Å². The minimum absolute atomic E-state index is 0.193. The van der Waals surface area contributed by atoms with E-state index in [1.807, 2.05) is 0 Å². The second-order valence-electron chi connectivity index (χ2n) is 12.3. The van der Waals surface area contributed by atoms with Crippen LogP contribution in [-0.2, 0) is 40.0 Å². The highest BCUT2D eigenvalue weighted by atomic mass is 16.5. The summed E-state index contributed by atoms with van der Waals surface area (Å²) in [5, 5.41) is 0. The molecule has 0 amide bonds. The molecule has 2 aliphatic heterocycles. The normalized spacial score (nSPS) is 35.3. The van der Waals surface area contributed by atoms with Gasteiger partial charge in [-0.3, -0.25) is 0 Å². The monoisotopic (exact) mass is 518 g/mol. The predicted molar refractivity (Wildman–Crippen MR) is 144 cm³/mol. The molecule has 196 valence electrons. The molecule has 2 unspecified atom stereocenters. The van der Waals surface area contributed by atoms with Gasteiger partial charge >= 0.3 is 11.9 Å². The summed E-state index contributed by atoms with van der Waals surface area (Å²) in [6.07, 6.45) is -1.31. The van der Waals surface area contributed by atoms with Crippen molar-refractivity contribution < 1.29 is 23.8 Å². The van der Waals surface area contributed by atoms with Crippen LogP contribution in [0.15, 0.2) is 71.8 Å². The molecular formula is C34H30O5. The molecule has 0 N–H and O–H groups in total. The number of hydrogen-bond donors (Lipinski definition) is 0. The molecule has 5 nitrogen and oxygen atoms in total. The van der Waals surface area contributed by atoms with Gasteiger partial charge in [-0.25, -0.2) is 9.59 Å². The lowest BCUT2D eigenvalue weighted by molar-refractivity contribution is -0.139. The molecule has 3 aromatic rings. The van der Waals surface area contributed by atoms with Crippen molar-refractivity contribution in [1.29, 1.82) is 0 Å². The smallest absolute Gasteiger partial charge is 0.337 e. The Morgan fingerprint density at radius 2 is 0.949 bits per heavy atom. The van der Waals surface area contributed by atoms with Crippen LogP contribution in [0.4, 0.5) is 0 Å². The number of methoxy groups -OCH3 is 2. The van der Waals surface area contributed by atoms with Gasteiger partial charge in [-0.2, -0.15) is 0 Å². The lowest BCUT2D eigenvalue weighted by atomic mass is 9.52. The van der Waals surface area contributed by atoms with Crippen LogP contribution in [0.25, 0.3) is 0 Å². The van der Waals surface area contributed by atoms with Crippen molar-refractivity contribution >= 4 is 11.9 Å². The molecule has 39 heavy (non-hydrogen) atoms. The van der Waals surface area contributed by atoms with E-state index < -0.39 is 24.1 Å². The molecule has 6 atom stereocenters. The first kappa shape index (κ1) is 23.2. The van der Waals surface area contributed by atoms with Gasteiger partial charge < -0.3 is 14.2 Å². The summed E-state index contributed by atoms with van der Waals surface area (Å²) in [5.74, 6) is -1.10. The fraction of sp³-hybridized carbons (Fsp3) is 0.353. The molecule has 0 radical (unpaired) electrons. The number of fused-ring (bicyclic) bond motifs is 14. The summed E-state index contributed by atoms with van der Waals surface area (Å²) in [6.45, 7) is 9.72. The Morgan fingerprint density at radius 1 is 0.615 bits per heavy atom. The Kier molecular flexibility index (Phi) is 3.99.